The number of aliphatic imine (C=N–C) groups is 1. The molecule has 0 bridgehead atoms. The van der Waals surface area contributed by atoms with Gasteiger partial charge in [0.1, 0.15) is 0 Å². The summed E-state index contributed by atoms with van der Waals surface area (Å²) in [6.07, 6.45) is 8.30. The molecule has 22 heavy (non-hydrogen) atoms. The second-order valence-corrected chi connectivity index (χ2v) is 7.27. The molecule has 0 radical (unpaired) electrons. The van der Waals surface area contributed by atoms with E-state index in [0.717, 1.165) is 44.7 Å². The monoisotopic (exact) mass is 421 g/mol. The van der Waals surface area contributed by atoms with Crippen molar-refractivity contribution in [3.8, 4) is 0 Å². The summed E-state index contributed by atoms with van der Waals surface area (Å²) in [6.45, 7) is 7.03. The molecule has 3 aliphatic rings. The lowest BCUT2D eigenvalue weighted by Crippen LogP contribution is -2.43. The zero-order valence-electron chi connectivity index (χ0n) is 14.1. The van der Waals surface area contributed by atoms with Gasteiger partial charge in [-0.05, 0) is 50.4 Å². The van der Waals surface area contributed by atoms with Crippen LogP contribution in [0, 0.1) is 17.3 Å². The predicted molar refractivity (Wildman–Crippen MR) is 102 cm³/mol. The molecule has 1 unspecified atom stereocenters. The van der Waals surface area contributed by atoms with Crippen molar-refractivity contribution in [1.82, 2.24) is 10.2 Å². The quantitative estimate of drug-likeness (QED) is 0.407. The van der Waals surface area contributed by atoms with Gasteiger partial charge in [-0.2, -0.15) is 0 Å². The Balaban J connectivity index is 0.00000176. The van der Waals surface area contributed by atoms with Crippen LogP contribution in [0.2, 0.25) is 0 Å². The van der Waals surface area contributed by atoms with E-state index in [1.807, 2.05) is 0 Å². The molecule has 1 aliphatic heterocycles. The number of nitrogens with one attached hydrogen (secondary N) is 1. The maximum atomic E-state index is 5.49. The Labute approximate surface area is 152 Å². The van der Waals surface area contributed by atoms with Gasteiger partial charge < -0.3 is 15.0 Å². The third-order valence-electron chi connectivity index (χ3n) is 5.59. The molecule has 0 aromatic rings. The number of hydrogen-bond acceptors (Lipinski definition) is 2. The fourth-order valence-electron chi connectivity index (χ4n) is 3.93. The lowest BCUT2D eigenvalue weighted by atomic mass is 9.65. The molecule has 1 heterocycles. The summed E-state index contributed by atoms with van der Waals surface area (Å²) < 4.78 is 5.49. The Morgan fingerprint density at radius 2 is 2.09 bits per heavy atom. The molecule has 5 heteroatoms. The molecule has 1 N–H and O–H groups in total. The van der Waals surface area contributed by atoms with E-state index in [-0.39, 0.29) is 24.0 Å². The van der Waals surface area contributed by atoms with Gasteiger partial charge in [-0.1, -0.05) is 6.42 Å². The highest BCUT2D eigenvalue weighted by molar-refractivity contribution is 14.0. The van der Waals surface area contributed by atoms with Crippen molar-refractivity contribution >= 4 is 29.9 Å². The molecule has 3 fully saturated rings. The van der Waals surface area contributed by atoms with Gasteiger partial charge in [0.25, 0.3) is 0 Å². The second-order valence-electron chi connectivity index (χ2n) is 7.27. The van der Waals surface area contributed by atoms with E-state index in [2.05, 4.69) is 24.2 Å². The molecule has 0 amide bonds. The predicted octanol–water partition coefficient (Wildman–Crippen LogP) is 3.12. The van der Waals surface area contributed by atoms with Crippen molar-refractivity contribution in [3.05, 3.63) is 0 Å². The number of rotatable bonds is 6. The van der Waals surface area contributed by atoms with Crippen LogP contribution in [0.5, 0.6) is 0 Å². The van der Waals surface area contributed by atoms with E-state index in [0.29, 0.717) is 11.3 Å². The summed E-state index contributed by atoms with van der Waals surface area (Å²) in [5.74, 6) is 2.74. The van der Waals surface area contributed by atoms with Gasteiger partial charge in [-0.15, -0.1) is 24.0 Å². The van der Waals surface area contributed by atoms with Crippen LogP contribution in [0.3, 0.4) is 0 Å². The van der Waals surface area contributed by atoms with Crippen molar-refractivity contribution < 1.29 is 4.74 Å². The Bertz CT molecular complexity index is 374. The van der Waals surface area contributed by atoms with Crippen molar-refractivity contribution in [2.45, 2.75) is 45.4 Å². The third-order valence-corrected chi connectivity index (χ3v) is 5.59. The maximum absolute atomic E-state index is 5.49. The zero-order chi connectivity index (χ0) is 14.7. The van der Waals surface area contributed by atoms with Crippen molar-refractivity contribution in [3.63, 3.8) is 0 Å². The number of halogens is 1. The average molecular weight is 421 g/mol. The number of guanidine groups is 1. The molecule has 0 spiro atoms. The van der Waals surface area contributed by atoms with Crippen LogP contribution in [0.1, 0.15) is 45.4 Å². The molecular formula is C17H32IN3O. The SMILES string of the molecule is CCNC(=NCC1(C2CC2)CCC1)N(C)CC1CCOC1.I. The minimum Gasteiger partial charge on any atom is -0.381 e. The number of hydrogen-bond donors (Lipinski definition) is 1. The molecule has 0 aromatic carbocycles. The lowest BCUT2D eigenvalue weighted by Gasteiger charge is -2.41. The minimum atomic E-state index is 0. The summed E-state index contributed by atoms with van der Waals surface area (Å²) in [6, 6.07) is 0. The first-order chi connectivity index (χ1) is 10.2. The van der Waals surface area contributed by atoms with E-state index < -0.39 is 0 Å². The largest absolute Gasteiger partial charge is 0.381 e. The van der Waals surface area contributed by atoms with Crippen LogP contribution in [-0.2, 0) is 4.74 Å². The molecule has 128 valence electrons. The van der Waals surface area contributed by atoms with Gasteiger partial charge in [-0.3, -0.25) is 4.99 Å². The van der Waals surface area contributed by atoms with Gasteiger partial charge in [0.2, 0.25) is 0 Å². The van der Waals surface area contributed by atoms with E-state index >= 15 is 0 Å². The maximum Gasteiger partial charge on any atom is 0.193 e. The summed E-state index contributed by atoms with van der Waals surface area (Å²) >= 11 is 0. The smallest absolute Gasteiger partial charge is 0.193 e. The summed E-state index contributed by atoms with van der Waals surface area (Å²) in [5.41, 5.74) is 0.567. The van der Waals surface area contributed by atoms with Gasteiger partial charge in [-0.25, -0.2) is 0 Å². The first-order valence-corrected chi connectivity index (χ1v) is 8.81. The van der Waals surface area contributed by atoms with Gasteiger partial charge in [0.05, 0.1) is 6.61 Å². The van der Waals surface area contributed by atoms with Crippen LogP contribution in [0.4, 0.5) is 0 Å². The zero-order valence-corrected chi connectivity index (χ0v) is 16.5. The fraction of sp³-hybridized carbons (Fsp3) is 0.941. The third kappa shape index (κ3) is 4.28. The minimum absolute atomic E-state index is 0. The van der Waals surface area contributed by atoms with Crippen molar-refractivity contribution in [2.24, 2.45) is 22.2 Å². The van der Waals surface area contributed by atoms with Gasteiger partial charge in [0, 0.05) is 39.2 Å². The van der Waals surface area contributed by atoms with Crippen LogP contribution in [0.25, 0.3) is 0 Å². The highest BCUT2D eigenvalue weighted by Crippen LogP contribution is 2.57. The van der Waals surface area contributed by atoms with E-state index in [9.17, 15) is 0 Å². The van der Waals surface area contributed by atoms with Crippen molar-refractivity contribution in [1.29, 1.82) is 0 Å². The molecular weight excluding hydrogens is 389 g/mol. The Hall–Kier alpha value is -0.0400. The first kappa shape index (κ1) is 18.3. The molecule has 4 nitrogen and oxygen atoms in total. The topological polar surface area (TPSA) is 36.9 Å². The van der Waals surface area contributed by atoms with Gasteiger partial charge in [0.15, 0.2) is 5.96 Å². The molecule has 2 aliphatic carbocycles. The highest BCUT2D eigenvalue weighted by Gasteiger charge is 2.48. The highest BCUT2D eigenvalue weighted by atomic mass is 127. The Morgan fingerprint density at radius 1 is 1.32 bits per heavy atom. The normalized spacial score (nSPS) is 27.0. The number of nitrogens with zero attached hydrogens (tertiary/aromatic N) is 2. The van der Waals surface area contributed by atoms with Gasteiger partial charge >= 0.3 is 0 Å². The number of ether oxygens (including phenoxy) is 1. The fourth-order valence-corrected chi connectivity index (χ4v) is 3.93. The van der Waals surface area contributed by atoms with Crippen molar-refractivity contribution in [2.75, 3.05) is 39.9 Å². The van der Waals surface area contributed by atoms with E-state index in [4.69, 9.17) is 9.73 Å². The van der Waals surface area contributed by atoms with E-state index in [1.165, 1.54) is 38.5 Å². The summed E-state index contributed by atoms with van der Waals surface area (Å²) in [5, 5.41) is 3.47. The molecule has 3 rings (SSSR count). The van der Waals surface area contributed by atoms with Crippen LogP contribution in [-0.4, -0.2) is 50.8 Å². The molecule has 1 atom stereocenters. The molecule has 2 saturated carbocycles. The standard InChI is InChI=1S/C17H31N3O.HI/c1-3-18-16(20(2)11-14-7-10-21-12-14)19-13-17(8-4-9-17)15-5-6-15;/h14-15H,3-13H2,1-2H3,(H,18,19);1H. The average Bonchev–Trinajstić information content (AvgIpc) is 3.14. The van der Waals surface area contributed by atoms with Crippen LogP contribution < -0.4 is 5.32 Å². The van der Waals surface area contributed by atoms with E-state index in [1.54, 1.807) is 0 Å². The summed E-state index contributed by atoms with van der Waals surface area (Å²) in [7, 11) is 2.17. The molecule has 1 saturated heterocycles. The second kappa shape index (κ2) is 8.18. The summed E-state index contributed by atoms with van der Waals surface area (Å²) in [4.78, 5) is 7.31. The van der Waals surface area contributed by atoms with Crippen LogP contribution in [0.15, 0.2) is 4.99 Å². The molecule has 0 aromatic heterocycles. The lowest BCUT2D eigenvalue weighted by molar-refractivity contribution is 0.112. The Morgan fingerprint density at radius 3 is 2.59 bits per heavy atom. The van der Waals surface area contributed by atoms with Crippen LogP contribution >= 0.6 is 24.0 Å². The Kier molecular flexibility index (Phi) is 6.80. The first-order valence-electron chi connectivity index (χ1n) is 8.81.